The number of piperidine rings is 1. The van der Waals surface area contributed by atoms with Crippen molar-refractivity contribution in [3.63, 3.8) is 0 Å². The number of fused-ring (bicyclic) bond motifs is 1. The molecule has 1 atom stereocenters. The molecule has 0 radical (unpaired) electrons. The molecular formula is C8H15NS. The molecular weight excluding hydrogens is 142 g/mol. The Labute approximate surface area is 67.2 Å². The zero-order valence-corrected chi connectivity index (χ0v) is 7.20. The monoisotopic (exact) mass is 157 g/mol. The molecule has 0 aliphatic carbocycles. The molecule has 0 aromatic heterocycles. The summed E-state index contributed by atoms with van der Waals surface area (Å²) in [4.78, 5) is 2.66. The Kier molecular flexibility index (Phi) is 2.19. The van der Waals surface area contributed by atoms with Crippen LogP contribution >= 0.6 is 11.8 Å². The highest BCUT2D eigenvalue weighted by Gasteiger charge is 2.24. The van der Waals surface area contributed by atoms with Gasteiger partial charge in [0.15, 0.2) is 0 Å². The Morgan fingerprint density at radius 2 is 2.20 bits per heavy atom. The number of hydrogen-bond donors (Lipinski definition) is 0. The van der Waals surface area contributed by atoms with E-state index in [9.17, 15) is 0 Å². The quantitative estimate of drug-likeness (QED) is 0.528. The Balaban J connectivity index is 1.93. The molecule has 2 aliphatic heterocycles. The lowest BCUT2D eigenvalue weighted by Crippen LogP contribution is -2.42. The Morgan fingerprint density at radius 3 is 3.10 bits per heavy atom. The van der Waals surface area contributed by atoms with E-state index in [4.69, 9.17) is 0 Å². The van der Waals surface area contributed by atoms with Gasteiger partial charge in [-0.2, -0.15) is 0 Å². The molecule has 2 fully saturated rings. The van der Waals surface area contributed by atoms with Crippen molar-refractivity contribution in [3.05, 3.63) is 0 Å². The first-order valence-corrected chi connectivity index (χ1v) is 5.44. The molecule has 0 amide bonds. The van der Waals surface area contributed by atoms with Crippen molar-refractivity contribution >= 4 is 11.8 Å². The highest BCUT2D eigenvalue weighted by molar-refractivity contribution is 7.99. The van der Waals surface area contributed by atoms with Gasteiger partial charge in [-0.25, -0.2) is 0 Å². The van der Waals surface area contributed by atoms with Crippen LogP contribution in [0.15, 0.2) is 0 Å². The SMILES string of the molecule is C1CCN2CSCCC2C1. The zero-order chi connectivity index (χ0) is 6.81. The van der Waals surface area contributed by atoms with Gasteiger partial charge in [-0.15, -0.1) is 11.8 Å². The van der Waals surface area contributed by atoms with E-state index in [2.05, 4.69) is 16.7 Å². The Bertz CT molecular complexity index is 89.8. The van der Waals surface area contributed by atoms with Gasteiger partial charge in [0.2, 0.25) is 0 Å². The maximum absolute atomic E-state index is 2.66. The van der Waals surface area contributed by atoms with E-state index in [0.29, 0.717) is 0 Å². The predicted molar refractivity (Wildman–Crippen MR) is 46.3 cm³/mol. The van der Waals surface area contributed by atoms with Crippen LogP contribution in [0.2, 0.25) is 0 Å². The highest BCUT2D eigenvalue weighted by Crippen LogP contribution is 2.27. The van der Waals surface area contributed by atoms with Crippen LogP contribution in [-0.2, 0) is 0 Å². The minimum absolute atomic E-state index is 0.968. The molecule has 58 valence electrons. The minimum atomic E-state index is 0.968. The topological polar surface area (TPSA) is 3.24 Å². The van der Waals surface area contributed by atoms with Gasteiger partial charge < -0.3 is 0 Å². The van der Waals surface area contributed by atoms with E-state index in [-0.39, 0.29) is 0 Å². The molecule has 0 spiro atoms. The standard InChI is InChI=1S/C8H15NS/c1-2-5-9-7-10-6-4-8(9)3-1/h8H,1-7H2. The molecule has 0 bridgehead atoms. The molecule has 2 saturated heterocycles. The second-order valence-corrected chi connectivity index (χ2v) is 4.36. The van der Waals surface area contributed by atoms with Crippen molar-refractivity contribution in [3.8, 4) is 0 Å². The van der Waals surface area contributed by atoms with Gasteiger partial charge in [-0.3, -0.25) is 4.90 Å². The summed E-state index contributed by atoms with van der Waals surface area (Å²) in [5, 5.41) is 0. The molecule has 2 heterocycles. The van der Waals surface area contributed by atoms with Crippen LogP contribution in [0.4, 0.5) is 0 Å². The molecule has 2 rings (SSSR count). The van der Waals surface area contributed by atoms with E-state index in [1.807, 2.05) is 0 Å². The van der Waals surface area contributed by atoms with Crippen LogP contribution in [0.25, 0.3) is 0 Å². The number of nitrogens with zero attached hydrogens (tertiary/aromatic N) is 1. The van der Waals surface area contributed by atoms with Gasteiger partial charge in [0.1, 0.15) is 0 Å². The first-order chi connectivity index (χ1) is 4.97. The lowest BCUT2D eigenvalue weighted by atomic mass is 10.0. The van der Waals surface area contributed by atoms with Crippen LogP contribution in [0.5, 0.6) is 0 Å². The summed E-state index contributed by atoms with van der Waals surface area (Å²) in [6.45, 7) is 1.37. The van der Waals surface area contributed by atoms with Gasteiger partial charge in [0.05, 0.1) is 0 Å². The van der Waals surface area contributed by atoms with Crippen LogP contribution in [0, 0.1) is 0 Å². The van der Waals surface area contributed by atoms with Crippen LogP contribution in [-0.4, -0.2) is 29.1 Å². The second kappa shape index (κ2) is 3.14. The first kappa shape index (κ1) is 6.99. The fraction of sp³-hybridized carbons (Fsp3) is 1.00. The van der Waals surface area contributed by atoms with E-state index in [0.717, 1.165) is 6.04 Å². The van der Waals surface area contributed by atoms with Crippen LogP contribution in [0.3, 0.4) is 0 Å². The third-order valence-electron chi connectivity index (χ3n) is 2.60. The number of thioether (sulfide) groups is 1. The summed E-state index contributed by atoms with van der Waals surface area (Å²) < 4.78 is 0. The molecule has 2 heteroatoms. The second-order valence-electron chi connectivity index (χ2n) is 3.29. The normalized spacial score (nSPS) is 35.4. The predicted octanol–water partition coefficient (Wildman–Crippen LogP) is 1.94. The van der Waals surface area contributed by atoms with Crippen molar-refractivity contribution in [1.29, 1.82) is 0 Å². The van der Waals surface area contributed by atoms with Crippen LogP contribution in [0.1, 0.15) is 25.7 Å². The third kappa shape index (κ3) is 1.32. The molecule has 1 unspecified atom stereocenters. The minimum Gasteiger partial charge on any atom is -0.291 e. The fourth-order valence-corrected chi connectivity index (χ4v) is 3.10. The van der Waals surface area contributed by atoms with Gasteiger partial charge in [-0.1, -0.05) is 6.42 Å². The summed E-state index contributed by atoms with van der Waals surface area (Å²) in [7, 11) is 0. The maximum Gasteiger partial charge on any atom is 0.0447 e. The maximum atomic E-state index is 2.66. The summed E-state index contributed by atoms with van der Waals surface area (Å²) in [5.41, 5.74) is 0. The Morgan fingerprint density at radius 1 is 1.20 bits per heavy atom. The largest absolute Gasteiger partial charge is 0.291 e. The first-order valence-electron chi connectivity index (χ1n) is 4.28. The number of hydrogen-bond acceptors (Lipinski definition) is 2. The van der Waals surface area contributed by atoms with Crippen molar-refractivity contribution in [1.82, 2.24) is 4.90 Å². The van der Waals surface area contributed by atoms with Crippen molar-refractivity contribution in [2.24, 2.45) is 0 Å². The zero-order valence-electron chi connectivity index (χ0n) is 6.38. The van der Waals surface area contributed by atoms with Gasteiger partial charge in [-0.05, 0) is 31.6 Å². The Hall–Kier alpha value is 0.310. The van der Waals surface area contributed by atoms with Gasteiger partial charge in [0.25, 0.3) is 0 Å². The lowest BCUT2D eigenvalue weighted by Gasteiger charge is -2.38. The highest BCUT2D eigenvalue weighted by atomic mass is 32.2. The molecule has 0 aromatic rings. The fourth-order valence-electron chi connectivity index (χ4n) is 1.96. The van der Waals surface area contributed by atoms with E-state index in [1.54, 1.807) is 0 Å². The van der Waals surface area contributed by atoms with Crippen molar-refractivity contribution < 1.29 is 0 Å². The van der Waals surface area contributed by atoms with Gasteiger partial charge in [0, 0.05) is 11.9 Å². The average molecular weight is 157 g/mol. The van der Waals surface area contributed by atoms with Gasteiger partial charge >= 0.3 is 0 Å². The third-order valence-corrected chi connectivity index (χ3v) is 3.64. The lowest BCUT2D eigenvalue weighted by molar-refractivity contribution is 0.167. The van der Waals surface area contributed by atoms with Crippen molar-refractivity contribution in [2.45, 2.75) is 31.7 Å². The molecule has 0 aromatic carbocycles. The van der Waals surface area contributed by atoms with Crippen molar-refractivity contribution in [2.75, 3.05) is 18.2 Å². The van der Waals surface area contributed by atoms with E-state index >= 15 is 0 Å². The van der Waals surface area contributed by atoms with E-state index < -0.39 is 0 Å². The van der Waals surface area contributed by atoms with E-state index in [1.165, 1.54) is 43.9 Å². The summed E-state index contributed by atoms with van der Waals surface area (Å²) in [5.74, 6) is 2.71. The molecule has 1 nitrogen and oxygen atoms in total. The average Bonchev–Trinajstić information content (AvgIpc) is 2.05. The molecule has 0 saturated carbocycles. The molecule has 0 N–H and O–H groups in total. The number of rotatable bonds is 0. The molecule has 2 aliphatic rings. The summed E-state index contributed by atoms with van der Waals surface area (Å²) in [6, 6.07) is 0.968. The smallest absolute Gasteiger partial charge is 0.0447 e. The molecule has 10 heavy (non-hydrogen) atoms. The summed E-state index contributed by atoms with van der Waals surface area (Å²) >= 11 is 2.11. The van der Waals surface area contributed by atoms with Crippen LogP contribution < -0.4 is 0 Å². The summed E-state index contributed by atoms with van der Waals surface area (Å²) in [6.07, 6.45) is 5.84.